The van der Waals surface area contributed by atoms with E-state index in [1.54, 1.807) is 11.6 Å². The molecular weight excluding hydrogens is 307 g/mol. The number of nitrogens with one attached hydrogen (secondary N) is 1. The number of halogens is 3. The molecule has 1 aromatic heterocycles. The highest BCUT2D eigenvalue weighted by molar-refractivity contribution is 6.04. The molecule has 0 spiro atoms. The largest absolute Gasteiger partial charge is 0.416 e. The van der Waals surface area contributed by atoms with Crippen molar-refractivity contribution in [1.82, 2.24) is 9.78 Å². The van der Waals surface area contributed by atoms with Crippen molar-refractivity contribution < 1.29 is 18.0 Å². The van der Waals surface area contributed by atoms with E-state index in [1.807, 2.05) is 20.8 Å². The van der Waals surface area contributed by atoms with Gasteiger partial charge in [0, 0.05) is 11.6 Å². The number of benzene rings is 1. The van der Waals surface area contributed by atoms with Crippen LogP contribution in [0.3, 0.4) is 0 Å². The molecule has 0 saturated carbocycles. The first-order valence-corrected chi connectivity index (χ1v) is 7.15. The summed E-state index contributed by atoms with van der Waals surface area (Å²) in [6.45, 7) is 7.55. The molecule has 0 saturated heterocycles. The van der Waals surface area contributed by atoms with Crippen LogP contribution in [0.5, 0.6) is 0 Å². The molecule has 1 aromatic carbocycles. The molecule has 0 atom stereocenters. The van der Waals surface area contributed by atoms with Crippen molar-refractivity contribution in [3.05, 3.63) is 46.8 Å². The van der Waals surface area contributed by atoms with Gasteiger partial charge in [0.25, 0.3) is 5.91 Å². The number of amides is 1. The van der Waals surface area contributed by atoms with E-state index in [0.717, 1.165) is 30.0 Å². The van der Waals surface area contributed by atoms with E-state index in [1.165, 1.54) is 0 Å². The maximum Gasteiger partial charge on any atom is 0.416 e. The summed E-state index contributed by atoms with van der Waals surface area (Å²) in [6, 6.07) is 4.26. The van der Waals surface area contributed by atoms with Crippen molar-refractivity contribution in [2.45, 2.75) is 39.9 Å². The van der Waals surface area contributed by atoms with Crippen molar-refractivity contribution in [3.8, 4) is 0 Å². The number of nitrogens with zero attached hydrogens (tertiary/aromatic N) is 2. The summed E-state index contributed by atoms with van der Waals surface area (Å²) in [7, 11) is 0. The molecule has 1 amide bonds. The van der Waals surface area contributed by atoms with E-state index < -0.39 is 17.6 Å². The summed E-state index contributed by atoms with van der Waals surface area (Å²) in [5, 5.41) is 7.08. The second kappa shape index (κ2) is 6.06. The predicted molar refractivity (Wildman–Crippen MR) is 81.5 cm³/mol. The van der Waals surface area contributed by atoms with Crippen LogP contribution in [0.4, 0.5) is 18.9 Å². The molecule has 7 heteroatoms. The number of aryl methyl sites for hydroxylation is 1. The van der Waals surface area contributed by atoms with E-state index in [4.69, 9.17) is 0 Å². The average molecular weight is 325 g/mol. The molecule has 124 valence electrons. The number of carbonyl (C=O) groups is 1. The Kier molecular flexibility index (Phi) is 4.49. The van der Waals surface area contributed by atoms with Gasteiger partial charge in [0.1, 0.15) is 0 Å². The summed E-state index contributed by atoms with van der Waals surface area (Å²) in [4.78, 5) is 12.2. The molecule has 1 heterocycles. The van der Waals surface area contributed by atoms with E-state index in [9.17, 15) is 18.0 Å². The van der Waals surface area contributed by atoms with Crippen molar-refractivity contribution in [2.75, 3.05) is 5.32 Å². The van der Waals surface area contributed by atoms with Gasteiger partial charge in [-0.2, -0.15) is 18.3 Å². The number of alkyl halides is 3. The lowest BCUT2D eigenvalue weighted by Crippen LogP contribution is -2.14. The minimum atomic E-state index is -4.42. The van der Waals surface area contributed by atoms with Gasteiger partial charge in [-0.15, -0.1) is 0 Å². The standard InChI is InChI=1S/C16H18F3N3O/c1-9(2)22-11(4)14(10(3)21-22)20-15(23)12-5-7-13(8-6-12)16(17,18)19/h5-9H,1-4H3,(H,20,23). The molecule has 0 aliphatic rings. The molecule has 23 heavy (non-hydrogen) atoms. The Labute approximate surface area is 132 Å². The number of carbonyl (C=O) groups excluding carboxylic acids is 1. The van der Waals surface area contributed by atoms with E-state index in [2.05, 4.69) is 10.4 Å². The van der Waals surface area contributed by atoms with Gasteiger partial charge in [-0.25, -0.2) is 0 Å². The monoisotopic (exact) mass is 325 g/mol. The number of aromatic nitrogens is 2. The summed E-state index contributed by atoms with van der Waals surface area (Å²) in [5.41, 5.74) is 1.43. The summed E-state index contributed by atoms with van der Waals surface area (Å²) in [5.74, 6) is -0.465. The first-order valence-electron chi connectivity index (χ1n) is 7.15. The molecule has 2 rings (SSSR count). The third kappa shape index (κ3) is 3.55. The molecule has 0 bridgehead atoms. The van der Waals surface area contributed by atoms with Gasteiger partial charge in [-0.1, -0.05) is 0 Å². The molecule has 0 fully saturated rings. The van der Waals surface area contributed by atoms with Crippen molar-refractivity contribution in [1.29, 1.82) is 0 Å². The SMILES string of the molecule is Cc1nn(C(C)C)c(C)c1NC(=O)c1ccc(C(F)(F)F)cc1. The summed E-state index contributed by atoms with van der Waals surface area (Å²) >= 11 is 0. The molecular formula is C16H18F3N3O. The second-order valence-corrected chi connectivity index (χ2v) is 5.61. The topological polar surface area (TPSA) is 46.9 Å². The zero-order valence-electron chi connectivity index (χ0n) is 13.3. The van der Waals surface area contributed by atoms with Gasteiger partial charge in [0.2, 0.25) is 0 Å². The maximum atomic E-state index is 12.5. The van der Waals surface area contributed by atoms with Gasteiger partial charge in [0.05, 0.1) is 22.6 Å². The highest BCUT2D eigenvalue weighted by Gasteiger charge is 2.30. The van der Waals surface area contributed by atoms with Crippen molar-refractivity contribution in [2.24, 2.45) is 0 Å². The quantitative estimate of drug-likeness (QED) is 0.912. The fraction of sp³-hybridized carbons (Fsp3) is 0.375. The molecule has 4 nitrogen and oxygen atoms in total. The molecule has 0 radical (unpaired) electrons. The first kappa shape index (κ1) is 17.1. The molecule has 0 aliphatic carbocycles. The van der Waals surface area contributed by atoms with Crippen LogP contribution < -0.4 is 5.32 Å². The molecule has 0 aliphatic heterocycles. The Morgan fingerprint density at radius 3 is 2.17 bits per heavy atom. The van der Waals surface area contributed by atoms with Crippen LogP contribution in [-0.2, 0) is 6.18 Å². The normalized spacial score (nSPS) is 11.8. The number of rotatable bonds is 3. The van der Waals surface area contributed by atoms with E-state index in [0.29, 0.717) is 11.4 Å². The minimum Gasteiger partial charge on any atom is -0.319 e. The van der Waals surface area contributed by atoms with Crippen molar-refractivity contribution >= 4 is 11.6 Å². The highest BCUT2D eigenvalue weighted by atomic mass is 19.4. The zero-order valence-corrected chi connectivity index (χ0v) is 13.3. The number of hydrogen-bond acceptors (Lipinski definition) is 2. The maximum absolute atomic E-state index is 12.5. The molecule has 0 unspecified atom stereocenters. The van der Waals surface area contributed by atoms with E-state index >= 15 is 0 Å². The number of anilines is 1. The lowest BCUT2D eigenvalue weighted by atomic mass is 10.1. The van der Waals surface area contributed by atoms with Crippen LogP contribution in [0.1, 0.15) is 47.2 Å². The van der Waals surface area contributed by atoms with Crippen LogP contribution in [0.25, 0.3) is 0 Å². The predicted octanol–water partition coefficient (Wildman–Crippen LogP) is 4.35. The Balaban J connectivity index is 2.23. The Bertz CT molecular complexity index is 715. The summed E-state index contributed by atoms with van der Waals surface area (Å²) in [6.07, 6.45) is -4.42. The first-order chi connectivity index (χ1) is 10.6. The van der Waals surface area contributed by atoms with Crippen LogP contribution in [0.2, 0.25) is 0 Å². The fourth-order valence-electron chi connectivity index (χ4n) is 2.34. The van der Waals surface area contributed by atoms with Gasteiger partial charge < -0.3 is 5.32 Å². The lowest BCUT2D eigenvalue weighted by Gasteiger charge is -2.10. The average Bonchev–Trinajstić information content (AvgIpc) is 2.74. The Morgan fingerprint density at radius 1 is 1.17 bits per heavy atom. The molecule has 2 aromatic rings. The summed E-state index contributed by atoms with van der Waals surface area (Å²) < 4.78 is 39.4. The Morgan fingerprint density at radius 2 is 1.74 bits per heavy atom. The third-order valence-electron chi connectivity index (χ3n) is 3.53. The van der Waals surface area contributed by atoms with Gasteiger partial charge in [0.15, 0.2) is 0 Å². The van der Waals surface area contributed by atoms with E-state index in [-0.39, 0.29) is 11.6 Å². The van der Waals surface area contributed by atoms with Crippen LogP contribution in [-0.4, -0.2) is 15.7 Å². The van der Waals surface area contributed by atoms with Crippen LogP contribution in [0.15, 0.2) is 24.3 Å². The Hall–Kier alpha value is -2.31. The highest BCUT2D eigenvalue weighted by Crippen LogP contribution is 2.29. The van der Waals surface area contributed by atoms with Crippen LogP contribution in [0, 0.1) is 13.8 Å². The minimum absolute atomic E-state index is 0.144. The fourth-order valence-corrected chi connectivity index (χ4v) is 2.34. The zero-order chi connectivity index (χ0) is 17.4. The van der Waals surface area contributed by atoms with Gasteiger partial charge in [-0.05, 0) is 52.0 Å². The second-order valence-electron chi connectivity index (χ2n) is 5.61. The van der Waals surface area contributed by atoms with Crippen LogP contribution >= 0.6 is 0 Å². The van der Waals surface area contributed by atoms with Gasteiger partial charge >= 0.3 is 6.18 Å². The molecule has 1 N–H and O–H groups in total. The smallest absolute Gasteiger partial charge is 0.319 e. The lowest BCUT2D eigenvalue weighted by molar-refractivity contribution is -0.137. The number of hydrogen-bond donors (Lipinski definition) is 1. The van der Waals surface area contributed by atoms with Gasteiger partial charge in [-0.3, -0.25) is 9.48 Å². The third-order valence-corrected chi connectivity index (χ3v) is 3.53. The van der Waals surface area contributed by atoms with Crippen molar-refractivity contribution in [3.63, 3.8) is 0 Å².